The van der Waals surface area contributed by atoms with Crippen LogP contribution < -0.4 is 5.32 Å². The van der Waals surface area contributed by atoms with E-state index in [1.807, 2.05) is 6.07 Å². The van der Waals surface area contributed by atoms with Crippen LogP contribution in [-0.2, 0) is 0 Å². The zero-order valence-electron chi connectivity index (χ0n) is 13.3. The van der Waals surface area contributed by atoms with E-state index >= 15 is 0 Å². The van der Waals surface area contributed by atoms with Gasteiger partial charge in [0.25, 0.3) is 0 Å². The van der Waals surface area contributed by atoms with Gasteiger partial charge in [0.2, 0.25) is 0 Å². The van der Waals surface area contributed by atoms with Gasteiger partial charge in [-0.05, 0) is 55.7 Å². The number of furan rings is 1. The molecule has 4 heteroatoms. The van der Waals surface area contributed by atoms with Crippen molar-refractivity contribution in [2.75, 3.05) is 31.1 Å². The van der Waals surface area contributed by atoms with Gasteiger partial charge in [0.15, 0.2) is 0 Å². The van der Waals surface area contributed by atoms with E-state index < -0.39 is 0 Å². The van der Waals surface area contributed by atoms with Crippen molar-refractivity contribution in [3.8, 4) is 0 Å². The fraction of sp³-hybridized carbons (Fsp3) is 0.765. The minimum absolute atomic E-state index is 0.400. The molecule has 0 bridgehead atoms. The average molecular weight is 308 g/mol. The third-order valence-corrected chi connectivity index (χ3v) is 6.29. The number of nitrogens with one attached hydrogen (secondary N) is 1. The maximum absolute atomic E-state index is 5.70. The van der Waals surface area contributed by atoms with Gasteiger partial charge in [0, 0.05) is 18.3 Å². The molecule has 2 aliphatic rings. The average Bonchev–Trinajstić information content (AvgIpc) is 3.11. The van der Waals surface area contributed by atoms with E-state index in [2.05, 4.69) is 41.9 Å². The molecule has 2 atom stereocenters. The first-order valence-electron chi connectivity index (χ1n) is 8.23. The summed E-state index contributed by atoms with van der Waals surface area (Å²) in [5.74, 6) is 3.65. The molecule has 0 aliphatic carbocycles. The molecule has 2 fully saturated rings. The summed E-state index contributed by atoms with van der Waals surface area (Å²) in [6, 6.07) is 5.18. The Balaban J connectivity index is 1.59. The Morgan fingerprint density at radius 2 is 2.24 bits per heavy atom. The number of nitrogens with zero attached hydrogens (tertiary/aromatic N) is 1. The minimum Gasteiger partial charge on any atom is -0.468 e. The Morgan fingerprint density at radius 1 is 1.43 bits per heavy atom. The van der Waals surface area contributed by atoms with Crippen molar-refractivity contribution < 1.29 is 4.42 Å². The van der Waals surface area contributed by atoms with Crippen LogP contribution in [0.3, 0.4) is 0 Å². The summed E-state index contributed by atoms with van der Waals surface area (Å²) in [7, 11) is 0. The van der Waals surface area contributed by atoms with Crippen molar-refractivity contribution in [3.63, 3.8) is 0 Å². The van der Waals surface area contributed by atoms with Crippen LogP contribution in [0.4, 0.5) is 0 Å². The second-order valence-electron chi connectivity index (χ2n) is 7.26. The van der Waals surface area contributed by atoms with Crippen molar-refractivity contribution in [1.82, 2.24) is 10.2 Å². The van der Waals surface area contributed by atoms with E-state index in [1.54, 1.807) is 6.26 Å². The number of thioether (sulfide) groups is 1. The SMILES string of the molecule is CC1(C)CSCC(NCC(c2ccco2)N2CCCC2)C1. The Morgan fingerprint density at radius 3 is 2.90 bits per heavy atom. The summed E-state index contributed by atoms with van der Waals surface area (Å²) in [6.07, 6.45) is 5.73. The molecule has 0 amide bonds. The summed E-state index contributed by atoms with van der Waals surface area (Å²) in [6.45, 7) is 8.20. The lowest BCUT2D eigenvalue weighted by Gasteiger charge is -2.36. The van der Waals surface area contributed by atoms with Crippen molar-refractivity contribution in [2.24, 2.45) is 5.41 Å². The Kier molecular flexibility index (Phi) is 4.97. The molecule has 1 aromatic rings. The third-order valence-electron chi connectivity index (χ3n) is 4.66. The zero-order chi connectivity index (χ0) is 14.7. The van der Waals surface area contributed by atoms with Crippen LogP contribution in [0.15, 0.2) is 22.8 Å². The molecule has 118 valence electrons. The topological polar surface area (TPSA) is 28.4 Å². The van der Waals surface area contributed by atoms with Gasteiger partial charge in [0.1, 0.15) is 5.76 Å². The molecule has 21 heavy (non-hydrogen) atoms. The summed E-state index contributed by atoms with van der Waals surface area (Å²) in [4.78, 5) is 2.58. The van der Waals surface area contributed by atoms with Gasteiger partial charge in [-0.25, -0.2) is 0 Å². The highest BCUT2D eigenvalue weighted by Crippen LogP contribution is 2.34. The molecule has 3 heterocycles. The molecular weight excluding hydrogens is 280 g/mol. The van der Waals surface area contributed by atoms with E-state index in [-0.39, 0.29) is 0 Å². The maximum atomic E-state index is 5.70. The highest BCUT2D eigenvalue weighted by molar-refractivity contribution is 7.99. The molecule has 1 aromatic heterocycles. The third kappa shape index (κ3) is 4.05. The van der Waals surface area contributed by atoms with E-state index in [0.717, 1.165) is 12.3 Å². The predicted octanol–water partition coefficient (Wildman–Crippen LogP) is 3.54. The van der Waals surface area contributed by atoms with Crippen LogP contribution >= 0.6 is 11.8 Å². The Bertz CT molecular complexity index is 426. The standard InChI is InChI=1S/C17H28N2OS/c1-17(2)10-14(12-21-13-17)18-11-15(16-6-5-9-20-16)19-7-3-4-8-19/h5-6,9,14-15,18H,3-4,7-8,10-13H2,1-2H3. The zero-order valence-corrected chi connectivity index (χ0v) is 14.1. The minimum atomic E-state index is 0.400. The molecular formula is C17H28N2OS. The molecule has 3 nitrogen and oxygen atoms in total. The smallest absolute Gasteiger partial charge is 0.122 e. The van der Waals surface area contributed by atoms with E-state index in [9.17, 15) is 0 Å². The fourth-order valence-electron chi connectivity index (χ4n) is 3.62. The number of likely N-dealkylation sites (tertiary alicyclic amines) is 1. The van der Waals surface area contributed by atoms with Crippen molar-refractivity contribution >= 4 is 11.8 Å². The Labute approximate surface area is 132 Å². The van der Waals surface area contributed by atoms with Crippen LogP contribution in [0.1, 0.15) is 44.9 Å². The lowest BCUT2D eigenvalue weighted by Crippen LogP contribution is -2.44. The molecule has 0 spiro atoms. The van der Waals surface area contributed by atoms with Crippen LogP contribution in [0.5, 0.6) is 0 Å². The van der Waals surface area contributed by atoms with Gasteiger partial charge < -0.3 is 9.73 Å². The molecule has 2 unspecified atom stereocenters. The maximum Gasteiger partial charge on any atom is 0.122 e. The van der Waals surface area contributed by atoms with E-state index in [0.29, 0.717) is 17.5 Å². The molecule has 0 aromatic carbocycles. The first kappa shape index (κ1) is 15.4. The largest absolute Gasteiger partial charge is 0.468 e. The van der Waals surface area contributed by atoms with Crippen LogP contribution in [-0.4, -0.2) is 42.1 Å². The lowest BCUT2D eigenvalue weighted by atomic mass is 9.88. The second-order valence-corrected chi connectivity index (χ2v) is 8.29. The summed E-state index contributed by atoms with van der Waals surface area (Å²) in [5, 5.41) is 3.82. The number of hydrogen-bond acceptors (Lipinski definition) is 4. The van der Waals surface area contributed by atoms with Crippen molar-refractivity contribution in [1.29, 1.82) is 0 Å². The highest BCUT2D eigenvalue weighted by Gasteiger charge is 2.30. The van der Waals surface area contributed by atoms with Crippen molar-refractivity contribution in [3.05, 3.63) is 24.2 Å². The molecule has 0 radical (unpaired) electrons. The number of hydrogen-bond donors (Lipinski definition) is 1. The van der Waals surface area contributed by atoms with E-state index in [4.69, 9.17) is 4.42 Å². The molecule has 0 saturated carbocycles. The number of rotatable bonds is 5. The van der Waals surface area contributed by atoms with Gasteiger partial charge in [-0.3, -0.25) is 4.90 Å². The molecule has 1 N–H and O–H groups in total. The molecule has 3 rings (SSSR count). The normalized spacial score (nSPS) is 27.8. The van der Waals surface area contributed by atoms with Gasteiger partial charge in [-0.15, -0.1) is 0 Å². The molecule has 2 saturated heterocycles. The van der Waals surface area contributed by atoms with Gasteiger partial charge in [-0.1, -0.05) is 13.8 Å². The lowest BCUT2D eigenvalue weighted by molar-refractivity contribution is 0.199. The first-order valence-corrected chi connectivity index (χ1v) is 9.38. The van der Waals surface area contributed by atoms with Crippen LogP contribution in [0.2, 0.25) is 0 Å². The molecule has 2 aliphatic heterocycles. The summed E-state index contributed by atoms with van der Waals surface area (Å²) >= 11 is 2.09. The van der Waals surface area contributed by atoms with Crippen molar-refractivity contribution in [2.45, 2.75) is 45.2 Å². The van der Waals surface area contributed by atoms with Crippen LogP contribution in [0.25, 0.3) is 0 Å². The highest BCUT2D eigenvalue weighted by atomic mass is 32.2. The fourth-order valence-corrected chi connectivity index (χ4v) is 4.92. The van der Waals surface area contributed by atoms with Gasteiger partial charge >= 0.3 is 0 Å². The van der Waals surface area contributed by atoms with E-state index in [1.165, 1.54) is 43.9 Å². The Hall–Kier alpha value is -0.450. The monoisotopic (exact) mass is 308 g/mol. The summed E-state index contributed by atoms with van der Waals surface area (Å²) in [5.41, 5.74) is 0.467. The first-order chi connectivity index (χ1) is 10.1. The quantitative estimate of drug-likeness (QED) is 0.900. The van der Waals surface area contributed by atoms with Gasteiger partial charge in [-0.2, -0.15) is 11.8 Å². The summed E-state index contributed by atoms with van der Waals surface area (Å²) < 4.78 is 5.70. The second kappa shape index (κ2) is 6.76. The van der Waals surface area contributed by atoms with Gasteiger partial charge in [0.05, 0.1) is 12.3 Å². The van der Waals surface area contributed by atoms with Crippen LogP contribution in [0, 0.1) is 5.41 Å². The predicted molar refractivity (Wildman–Crippen MR) is 89.8 cm³/mol.